The van der Waals surface area contributed by atoms with Crippen LogP contribution in [0.2, 0.25) is 0 Å². The van der Waals surface area contributed by atoms with Crippen LogP contribution in [-0.4, -0.2) is 37.6 Å². The second-order valence-corrected chi connectivity index (χ2v) is 4.14. The molecule has 1 atom stereocenters. The molecule has 1 amide bonds. The fourth-order valence-corrected chi connectivity index (χ4v) is 2.59. The third kappa shape index (κ3) is 1.68. The van der Waals surface area contributed by atoms with Gasteiger partial charge in [0.05, 0.1) is 18.7 Å². The highest BCUT2D eigenvalue weighted by atomic mass is 35.5. The average Bonchev–Trinajstić information content (AvgIpc) is 2.64. The highest BCUT2D eigenvalue weighted by Crippen LogP contribution is 2.38. The van der Waals surface area contributed by atoms with Gasteiger partial charge in [-0.3, -0.25) is 4.79 Å². The van der Waals surface area contributed by atoms with E-state index >= 15 is 0 Å². The summed E-state index contributed by atoms with van der Waals surface area (Å²) in [7, 11) is 1.61. The Balaban J connectivity index is 0.00000108. The third-order valence-electron chi connectivity index (χ3n) is 3.36. The Bertz CT molecular complexity index is 450. The van der Waals surface area contributed by atoms with Gasteiger partial charge in [-0.25, -0.2) is 0 Å². The monoisotopic (exact) mass is 254 g/mol. The highest BCUT2D eigenvalue weighted by Gasteiger charge is 2.39. The Morgan fingerprint density at radius 3 is 3.06 bits per heavy atom. The van der Waals surface area contributed by atoms with Gasteiger partial charge in [-0.2, -0.15) is 0 Å². The number of rotatable bonds is 1. The largest absolute Gasteiger partial charge is 0.496 e. The first-order chi connectivity index (χ1) is 7.83. The number of hydrogen-bond donors (Lipinski definition) is 1. The molecule has 0 spiro atoms. The summed E-state index contributed by atoms with van der Waals surface area (Å²) in [6.07, 6.45) is 0. The first kappa shape index (κ1) is 12.2. The molecular weight excluding hydrogens is 240 g/mol. The summed E-state index contributed by atoms with van der Waals surface area (Å²) in [5.74, 6) is 0.802. The molecule has 0 bridgehead atoms. The van der Waals surface area contributed by atoms with Gasteiger partial charge >= 0.3 is 0 Å². The zero-order valence-corrected chi connectivity index (χ0v) is 10.4. The highest BCUT2D eigenvalue weighted by molar-refractivity contribution is 6.01. The van der Waals surface area contributed by atoms with Crippen molar-refractivity contribution in [2.24, 2.45) is 0 Å². The Kier molecular flexibility index (Phi) is 3.26. The van der Waals surface area contributed by atoms with Gasteiger partial charge in [-0.05, 0) is 11.6 Å². The number of carbonyl (C=O) groups excluding carboxylic acids is 1. The van der Waals surface area contributed by atoms with Crippen molar-refractivity contribution >= 4 is 18.3 Å². The summed E-state index contributed by atoms with van der Waals surface area (Å²) in [5.41, 5.74) is 1.84. The van der Waals surface area contributed by atoms with E-state index in [4.69, 9.17) is 4.74 Å². The van der Waals surface area contributed by atoms with Gasteiger partial charge in [0, 0.05) is 19.6 Å². The smallest absolute Gasteiger partial charge is 0.258 e. The lowest BCUT2D eigenvalue weighted by atomic mass is 10.0. The summed E-state index contributed by atoms with van der Waals surface area (Å²) >= 11 is 0. The van der Waals surface area contributed by atoms with Crippen LogP contribution >= 0.6 is 12.4 Å². The fraction of sp³-hybridized carbons (Fsp3) is 0.417. The number of amides is 1. The first-order valence-corrected chi connectivity index (χ1v) is 5.51. The number of hydrogen-bond acceptors (Lipinski definition) is 3. The molecular formula is C12H15ClN2O2. The second-order valence-electron chi connectivity index (χ2n) is 4.14. The molecule has 17 heavy (non-hydrogen) atoms. The van der Waals surface area contributed by atoms with E-state index in [1.54, 1.807) is 7.11 Å². The van der Waals surface area contributed by atoms with Crippen molar-refractivity contribution in [3.05, 3.63) is 29.3 Å². The van der Waals surface area contributed by atoms with Crippen molar-refractivity contribution in [2.45, 2.75) is 6.04 Å². The quantitative estimate of drug-likeness (QED) is 0.819. The van der Waals surface area contributed by atoms with Crippen LogP contribution in [-0.2, 0) is 0 Å². The molecule has 0 radical (unpaired) electrons. The Morgan fingerprint density at radius 2 is 2.29 bits per heavy atom. The molecule has 1 N–H and O–H groups in total. The summed E-state index contributed by atoms with van der Waals surface area (Å²) in [5, 5.41) is 3.32. The van der Waals surface area contributed by atoms with Gasteiger partial charge in [-0.1, -0.05) is 12.1 Å². The Labute approximate surface area is 106 Å². The van der Waals surface area contributed by atoms with E-state index in [9.17, 15) is 4.79 Å². The van der Waals surface area contributed by atoms with Gasteiger partial charge in [0.15, 0.2) is 0 Å². The molecule has 2 aliphatic heterocycles. The Hall–Kier alpha value is -1.26. The van der Waals surface area contributed by atoms with E-state index in [0.717, 1.165) is 30.8 Å². The molecule has 1 fully saturated rings. The number of fused-ring (bicyclic) bond motifs is 3. The lowest BCUT2D eigenvalue weighted by Gasteiger charge is -2.30. The number of ether oxygens (including phenoxy) is 1. The molecule has 1 aromatic rings. The van der Waals surface area contributed by atoms with Crippen LogP contribution in [0.1, 0.15) is 22.0 Å². The molecule has 2 aliphatic rings. The van der Waals surface area contributed by atoms with Crippen LogP contribution in [0.5, 0.6) is 5.75 Å². The fourth-order valence-electron chi connectivity index (χ4n) is 2.59. The molecule has 1 saturated heterocycles. The SMILES string of the molecule is COc1cccc2c1C(=O)N1CCNCC21.Cl. The van der Waals surface area contributed by atoms with Crippen LogP contribution in [0.15, 0.2) is 18.2 Å². The van der Waals surface area contributed by atoms with E-state index in [2.05, 4.69) is 5.32 Å². The van der Waals surface area contributed by atoms with Crippen LogP contribution in [0.25, 0.3) is 0 Å². The van der Waals surface area contributed by atoms with Crippen LogP contribution in [0, 0.1) is 0 Å². The number of halogens is 1. The summed E-state index contributed by atoms with van der Waals surface area (Å²) in [6, 6.07) is 6.00. The van der Waals surface area contributed by atoms with Gasteiger partial charge in [-0.15, -0.1) is 12.4 Å². The molecule has 1 unspecified atom stereocenters. The first-order valence-electron chi connectivity index (χ1n) is 5.51. The predicted molar refractivity (Wildman–Crippen MR) is 66.9 cm³/mol. The minimum atomic E-state index is 0. The predicted octanol–water partition coefficient (Wildman–Crippen LogP) is 1.22. The van der Waals surface area contributed by atoms with Gasteiger partial charge in [0.2, 0.25) is 0 Å². The number of methoxy groups -OCH3 is 1. The number of nitrogens with zero attached hydrogens (tertiary/aromatic N) is 1. The molecule has 0 aromatic heterocycles. The van der Waals surface area contributed by atoms with Gasteiger partial charge < -0.3 is 15.0 Å². The van der Waals surface area contributed by atoms with E-state index in [0.29, 0.717) is 5.75 Å². The zero-order valence-electron chi connectivity index (χ0n) is 9.60. The average molecular weight is 255 g/mol. The molecule has 0 saturated carbocycles. The minimum Gasteiger partial charge on any atom is -0.496 e. The summed E-state index contributed by atoms with van der Waals surface area (Å²) < 4.78 is 5.27. The summed E-state index contributed by atoms with van der Waals surface area (Å²) in [4.78, 5) is 14.2. The maximum atomic E-state index is 12.2. The van der Waals surface area contributed by atoms with E-state index in [1.807, 2.05) is 23.1 Å². The Morgan fingerprint density at radius 1 is 1.47 bits per heavy atom. The van der Waals surface area contributed by atoms with Crippen molar-refractivity contribution in [1.29, 1.82) is 0 Å². The van der Waals surface area contributed by atoms with Crippen LogP contribution < -0.4 is 10.1 Å². The van der Waals surface area contributed by atoms with Crippen molar-refractivity contribution in [3.8, 4) is 5.75 Å². The van der Waals surface area contributed by atoms with Crippen molar-refractivity contribution in [1.82, 2.24) is 10.2 Å². The van der Waals surface area contributed by atoms with E-state index in [-0.39, 0.29) is 24.4 Å². The van der Waals surface area contributed by atoms with E-state index < -0.39 is 0 Å². The maximum Gasteiger partial charge on any atom is 0.258 e. The number of benzene rings is 1. The maximum absolute atomic E-state index is 12.2. The van der Waals surface area contributed by atoms with Crippen molar-refractivity contribution in [2.75, 3.05) is 26.7 Å². The van der Waals surface area contributed by atoms with Crippen molar-refractivity contribution in [3.63, 3.8) is 0 Å². The molecule has 5 heteroatoms. The van der Waals surface area contributed by atoms with Crippen LogP contribution in [0.3, 0.4) is 0 Å². The van der Waals surface area contributed by atoms with Gasteiger partial charge in [0.25, 0.3) is 5.91 Å². The van der Waals surface area contributed by atoms with Crippen LogP contribution in [0.4, 0.5) is 0 Å². The number of carbonyl (C=O) groups is 1. The lowest BCUT2D eigenvalue weighted by molar-refractivity contribution is 0.0689. The molecule has 2 heterocycles. The molecule has 92 valence electrons. The molecule has 3 rings (SSSR count). The minimum absolute atomic E-state index is 0. The topological polar surface area (TPSA) is 41.6 Å². The van der Waals surface area contributed by atoms with Crippen molar-refractivity contribution < 1.29 is 9.53 Å². The number of nitrogens with one attached hydrogen (secondary N) is 1. The number of piperazine rings is 1. The normalized spacial score (nSPS) is 21.6. The molecule has 0 aliphatic carbocycles. The van der Waals surface area contributed by atoms with Gasteiger partial charge in [0.1, 0.15) is 5.75 Å². The van der Waals surface area contributed by atoms with E-state index in [1.165, 1.54) is 0 Å². The standard InChI is InChI=1S/C12H14N2O2.ClH/c1-16-10-4-2-3-8-9-7-13-5-6-14(9)12(15)11(8)10;/h2-4,9,13H,5-7H2,1H3;1H. The zero-order chi connectivity index (χ0) is 11.1. The third-order valence-corrected chi connectivity index (χ3v) is 3.36. The molecule has 4 nitrogen and oxygen atoms in total. The second kappa shape index (κ2) is 4.55. The lowest BCUT2D eigenvalue weighted by Crippen LogP contribution is -2.44. The summed E-state index contributed by atoms with van der Waals surface area (Å²) in [6.45, 7) is 2.49. The molecule has 1 aromatic carbocycles.